The van der Waals surface area contributed by atoms with E-state index in [1.807, 2.05) is 24.3 Å². The van der Waals surface area contributed by atoms with Crippen LogP contribution >= 0.6 is 0 Å². The first kappa shape index (κ1) is 12.5. The Labute approximate surface area is 123 Å². The van der Waals surface area contributed by atoms with Crippen molar-refractivity contribution in [1.82, 2.24) is 0 Å². The SMILES string of the molecule is O=C1c2ccccc2C(=O)C1c1cccc2c1CCCC2. The van der Waals surface area contributed by atoms with Crippen molar-refractivity contribution in [3.05, 3.63) is 70.3 Å². The van der Waals surface area contributed by atoms with Gasteiger partial charge in [-0.25, -0.2) is 0 Å². The molecule has 0 saturated carbocycles. The summed E-state index contributed by atoms with van der Waals surface area (Å²) in [6, 6.07) is 13.3. The Morgan fingerprint density at radius 2 is 1.43 bits per heavy atom. The number of fused-ring (bicyclic) bond motifs is 2. The average molecular weight is 276 g/mol. The zero-order valence-corrected chi connectivity index (χ0v) is 11.8. The smallest absolute Gasteiger partial charge is 0.178 e. The van der Waals surface area contributed by atoms with Gasteiger partial charge in [-0.05, 0) is 42.4 Å². The second kappa shape index (κ2) is 4.66. The largest absolute Gasteiger partial charge is 0.293 e. The minimum Gasteiger partial charge on any atom is -0.293 e. The van der Waals surface area contributed by atoms with Gasteiger partial charge in [0, 0.05) is 11.1 Å². The minimum absolute atomic E-state index is 0.0328. The van der Waals surface area contributed by atoms with Crippen LogP contribution in [0.25, 0.3) is 0 Å². The van der Waals surface area contributed by atoms with Gasteiger partial charge >= 0.3 is 0 Å². The van der Waals surface area contributed by atoms with E-state index < -0.39 is 5.92 Å². The number of carbonyl (C=O) groups excluding carboxylic acids is 2. The van der Waals surface area contributed by atoms with Gasteiger partial charge in [0.2, 0.25) is 0 Å². The molecule has 0 N–H and O–H groups in total. The van der Waals surface area contributed by atoms with E-state index >= 15 is 0 Å². The van der Waals surface area contributed by atoms with Crippen molar-refractivity contribution in [3.63, 3.8) is 0 Å². The monoisotopic (exact) mass is 276 g/mol. The molecule has 0 atom stereocenters. The number of aryl methyl sites for hydroxylation is 1. The number of carbonyl (C=O) groups is 2. The molecular formula is C19H16O2. The predicted octanol–water partition coefficient (Wildman–Crippen LogP) is 3.73. The van der Waals surface area contributed by atoms with E-state index in [1.165, 1.54) is 17.5 Å². The summed E-state index contributed by atoms with van der Waals surface area (Å²) in [6.07, 6.45) is 4.39. The van der Waals surface area contributed by atoms with Crippen LogP contribution in [0, 0.1) is 0 Å². The minimum atomic E-state index is -0.615. The van der Waals surface area contributed by atoms with Gasteiger partial charge in [-0.3, -0.25) is 9.59 Å². The molecule has 0 unspecified atom stereocenters. The highest BCUT2D eigenvalue weighted by Crippen LogP contribution is 2.37. The Morgan fingerprint density at radius 3 is 2.14 bits per heavy atom. The summed E-state index contributed by atoms with van der Waals surface area (Å²) >= 11 is 0. The molecule has 4 rings (SSSR count). The van der Waals surface area contributed by atoms with E-state index in [9.17, 15) is 9.59 Å². The number of benzene rings is 2. The van der Waals surface area contributed by atoms with Crippen LogP contribution in [-0.4, -0.2) is 11.6 Å². The molecule has 0 aromatic heterocycles. The van der Waals surface area contributed by atoms with Crippen molar-refractivity contribution in [3.8, 4) is 0 Å². The lowest BCUT2D eigenvalue weighted by Crippen LogP contribution is -2.17. The van der Waals surface area contributed by atoms with E-state index in [1.54, 1.807) is 12.1 Å². The molecule has 2 nitrogen and oxygen atoms in total. The fraction of sp³-hybridized carbons (Fsp3) is 0.263. The first-order valence-corrected chi connectivity index (χ1v) is 7.55. The van der Waals surface area contributed by atoms with Crippen molar-refractivity contribution in [2.24, 2.45) is 0 Å². The van der Waals surface area contributed by atoms with Gasteiger partial charge in [0.25, 0.3) is 0 Å². The molecule has 0 radical (unpaired) electrons. The van der Waals surface area contributed by atoms with Crippen LogP contribution in [0.5, 0.6) is 0 Å². The number of hydrogen-bond donors (Lipinski definition) is 0. The summed E-state index contributed by atoms with van der Waals surface area (Å²) in [5, 5.41) is 0. The molecule has 21 heavy (non-hydrogen) atoms. The molecule has 104 valence electrons. The lowest BCUT2D eigenvalue weighted by Gasteiger charge is -2.21. The van der Waals surface area contributed by atoms with Crippen LogP contribution in [0.1, 0.15) is 56.2 Å². The topological polar surface area (TPSA) is 34.1 Å². The van der Waals surface area contributed by atoms with E-state index in [-0.39, 0.29) is 11.6 Å². The fourth-order valence-electron chi connectivity index (χ4n) is 3.71. The van der Waals surface area contributed by atoms with Gasteiger partial charge in [-0.1, -0.05) is 42.5 Å². The summed E-state index contributed by atoms with van der Waals surface area (Å²) in [6.45, 7) is 0. The highest BCUT2D eigenvalue weighted by Gasteiger charge is 2.40. The van der Waals surface area contributed by atoms with Crippen LogP contribution < -0.4 is 0 Å². The van der Waals surface area contributed by atoms with E-state index in [0.717, 1.165) is 24.8 Å². The maximum atomic E-state index is 12.7. The molecule has 0 amide bonds. The van der Waals surface area contributed by atoms with Gasteiger partial charge in [0.15, 0.2) is 11.6 Å². The molecule has 2 aromatic rings. The van der Waals surface area contributed by atoms with E-state index in [0.29, 0.717) is 11.1 Å². The van der Waals surface area contributed by atoms with Gasteiger partial charge in [-0.2, -0.15) is 0 Å². The molecule has 0 spiro atoms. The van der Waals surface area contributed by atoms with E-state index in [4.69, 9.17) is 0 Å². The zero-order chi connectivity index (χ0) is 14.4. The van der Waals surface area contributed by atoms with Crippen LogP contribution in [0.4, 0.5) is 0 Å². The molecule has 0 heterocycles. The third-order valence-corrected chi connectivity index (χ3v) is 4.73. The van der Waals surface area contributed by atoms with Gasteiger partial charge < -0.3 is 0 Å². The van der Waals surface area contributed by atoms with Gasteiger partial charge in [0.05, 0.1) is 0 Å². The van der Waals surface area contributed by atoms with Crippen molar-refractivity contribution in [1.29, 1.82) is 0 Å². The van der Waals surface area contributed by atoms with Crippen molar-refractivity contribution in [2.45, 2.75) is 31.6 Å². The molecular weight excluding hydrogens is 260 g/mol. The van der Waals surface area contributed by atoms with Crippen molar-refractivity contribution in [2.75, 3.05) is 0 Å². The van der Waals surface area contributed by atoms with Gasteiger partial charge in [-0.15, -0.1) is 0 Å². The number of rotatable bonds is 1. The Kier molecular flexibility index (Phi) is 2.78. The van der Waals surface area contributed by atoms with Gasteiger partial charge in [0.1, 0.15) is 5.92 Å². The molecule has 0 fully saturated rings. The van der Waals surface area contributed by atoms with Crippen LogP contribution in [-0.2, 0) is 12.8 Å². The van der Waals surface area contributed by atoms with Crippen LogP contribution in [0.15, 0.2) is 42.5 Å². The molecule has 0 aliphatic heterocycles. The second-order valence-electron chi connectivity index (χ2n) is 5.90. The van der Waals surface area contributed by atoms with E-state index in [2.05, 4.69) is 6.07 Å². The number of ketones is 2. The first-order valence-electron chi connectivity index (χ1n) is 7.55. The Morgan fingerprint density at radius 1 is 0.762 bits per heavy atom. The molecule has 2 aliphatic carbocycles. The average Bonchev–Trinajstić information content (AvgIpc) is 2.79. The zero-order valence-electron chi connectivity index (χ0n) is 11.8. The first-order chi connectivity index (χ1) is 10.3. The maximum Gasteiger partial charge on any atom is 0.178 e. The van der Waals surface area contributed by atoms with Crippen molar-refractivity contribution < 1.29 is 9.59 Å². The summed E-state index contributed by atoms with van der Waals surface area (Å²) in [4.78, 5) is 25.3. The maximum absolute atomic E-state index is 12.7. The van der Waals surface area contributed by atoms with Crippen LogP contribution in [0.2, 0.25) is 0 Å². The standard InChI is InChI=1S/C19H16O2/c20-18-15-9-3-4-10-16(15)19(21)17(18)14-11-5-7-12-6-1-2-8-13(12)14/h3-5,7,9-11,17H,1-2,6,8H2. The molecule has 2 aromatic carbocycles. The van der Waals surface area contributed by atoms with Crippen LogP contribution in [0.3, 0.4) is 0 Å². The summed E-state index contributed by atoms with van der Waals surface area (Å²) < 4.78 is 0. The summed E-state index contributed by atoms with van der Waals surface area (Å²) in [5.41, 5.74) is 4.67. The Bertz CT molecular complexity index is 723. The summed E-state index contributed by atoms with van der Waals surface area (Å²) in [7, 11) is 0. The fourth-order valence-corrected chi connectivity index (χ4v) is 3.71. The lowest BCUT2D eigenvalue weighted by molar-refractivity contribution is 0.0889. The normalized spacial score (nSPS) is 17.7. The molecule has 2 heteroatoms. The quantitative estimate of drug-likeness (QED) is 0.744. The second-order valence-corrected chi connectivity index (χ2v) is 5.90. The summed E-state index contributed by atoms with van der Waals surface area (Å²) in [5.74, 6) is -0.681. The Hall–Kier alpha value is -2.22. The molecule has 0 bridgehead atoms. The molecule has 0 saturated heterocycles. The number of hydrogen-bond acceptors (Lipinski definition) is 2. The Balaban J connectivity index is 1.86. The van der Waals surface area contributed by atoms with Crippen molar-refractivity contribution >= 4 is 11.6 Å². The lowest BCUT2D eigenvalue weighted by atomic mass is 9.82. The highest BCUT2D eigenvalue weighted by atomic mass is 16.2. The predicted molar refractivity (Wildman–Crippen MR) is 80.9 cm³/mol. The highest BCUT2D eigenvalue weighted by molar-refractivity contribution is 6.29. The number of Topliss-reactive ketones (excluding diaryl/α,β-unsaturated/α-hetero) is 2. The third kappa shape index (κ3) is 1.79. The third-order valence-electron chi connectivity index (χ3n) is 4.73. The molecule has 2 aliphatic rings.